The SMILES string of the molecule is O=C(Nc1cccc(Oc2ncccn2)c1)NC1CCCCCC1. The third-order valence-corrected chi connectivity index (χ3v) is 4.03. The van der Waals surface area contributed by atoms with Crippen molar-refractivity contribution < 1.29 is 9.53 Å². The van der Waals surface area contributed by atoms with Gasteiger partial charge < -0.3 is 15.4 Å². The molecule has 0 bridgehead atoms. The van der Waals surface area contributed by atoms with Crippen molar-refractivity contribution in [2.75, 3.05) is 5.32 Å². The Balaban J connectivity index is 1.56. The van der Waals surface area contributed by atoms with Crippen LogP contribution < -0.4 is 15.4 Å². The van der Waals surface area contributed by atoms with E-state index in [1.807, 2.05) is 12.1 Å². The summed E-state index contributed by atoms with van der Waals surface area (Å²) >= 11 is 0. The second kappa shape index (κ2) is 8.29. The molecule has 0 saturated heterocycles. The van der Waals surface area contributed by atoms with E-state index >= 15 is 0 Å². The van der Waals surface area contributed by atoms with Gasteiger partial charge >= 0.3 is 12.0 Å². The third-order valence-electron chi connectivity index (χ3n) is 4.03. The number of nitrogens with zero attached hydrogens (tertiary/aromatic N) is 2. The number of benzene rings is 1. The molecule has 1 aromatic heterocycles. The summed E-state index contributed by atoms with van der Waals surface area (Å²) in [5, 5.41) is 5.93. The molecule has 0 aliphatic heterocycles. The lowest BCUT2D eigenvalue weighted by Crippen LogP contribution is -2.37. The Hall–Kier alpha value is -2.63. The van der Waals surface area contributed by atoms with Gasteiger partial charge in [-0.05, 0) is 31.0 Å². The Morgan fingerprint density at radius 2 is 1.79 bits per heavy atom. The first-order chi connectivity index (χ1) is 11.8. The van der Waals surface area contributed by atoms with Crippen molar-refractivity contribution in [2.24, 2.45) is 0 Å². The molecule has 1 aliphatic carbocycles. The highest BCUT2D eigenvalue weighted by Crippen LogP contribution is 2.21. The van der Waals surface area contributed by atoms with Crippen molar-refractivity contribution in [3.05, 3.63) is 42.7 Å². The normalized spacial score (nSPS) is 15.3. The minimum atomic E-state index is -0.171. The van der Waals surface area contributed by atoms with Crippen molar-refractivity contribution in [2.45, 2.75) is 44.6 Å². The number of carbonyl (C=O) groups excluding carboxylic acids is 1. The van der Waals surface area contributed by atoms with E-state index in [4.69, 9.17) is 4.74 Å². The number of amides is 2. The molecule has 24 heavy (non-hydrogen) atoms. The van der Waals surface area contributed by atoms with E-state index in [0.717, 1.165) is 12.8 Å². The van der Waals surface area contributed by atoms with E-state index in [-0.39, 0.29) is 18.1 Å². The maximum absolute atomic E-state index is 12.2. The fourth-order valence-electron chi connectivity index (χ4n) is 2.86. The molecule has 2 N–H and O–H groups in total. The molecule has 1 aromatic carbocycles. The zero-order chi connectivity index (χ0) is 16.6. The van der Waals surface area contributed by atoms with Crippen molar-refractivity contribution in [1.82, 2.24) is 15.3 Å². The molecule has 0 radical (unpaired) electrons. The molecule has 1 heterocycles. The second-order valence-corrected chi connectivity index (χ2v) is 5.95. The zero-order valence-corrected chi connectivity index (χ0v) is 13.6. The molecule has 0 unspecified atom stereocenters. The van der Waals surface area contributed by atoms with Crippen LogP contribution in [0.5, 0.6) is 11.8 Å². The molecular formula is C18H22N4O2. The Morgan fingerprint density at radius 1 is 1.04 bits per heavy atom. The largest absolute Gasteiger partial charge is 0.424 e. The van der Waals surface area contributed by atoms with Gasteiger partial charge in [-0.1, -0.05) is 31.7 Å². The minimum absolute atomic E-state index is 0.171. The smallest absolute Gasteiger partial charge is 0.321 e. The summed E-state index contributed by atoms with van der Waals surface area (Å²) in [6.45, 7) is 0. The van der Waals surface area contributed by atoms with Gasteiger partial charge in [0, 0.05) is 30.2 Å². The quantitative estimate of drug-likeness (QED) is 0.829. The highest BCUT2D eigenvalue weighted by atomic mass is 16.5. The maximum Gasteiger partial charge on any atom is 0.321 e. The van der Waals surface area contributed by atoms with E-state index in [9.17, 15) is 4.79 Å². The van der Waals surface area contributed by atoms with Crippen LogP contribution in [0, 0.1) is 0 Å². The van der Waals surface area contributed by atoms with Crippen LogP contribution in [0.1, 0.15) is 38.5 Å². The Morgan fingerprint density at radius 3 is 2.54 bits per heavy atom. The minimum Gasteiger partial charge on any atom is -0.424 e. The van der Waals surface area contributed by atoms with Crippen LogP contribution in [0.3, 0.4) is 0 Å². The Bertz CT molecular complexity index is 655. The number of rotatable bonds is 4. The predicted octanol–water partition coefficient (Wildman–Crippen LogP) is 4.11. The molecule has 0 atom stereocenters. The van der Waals surface area contributed by atoms with Crippen LogP contribution >= 0.6 is 0 Å². The van der Waals surface area contributed by atoms with Crippen LogP contribution in [0.25, 0.3) is 0 Å². The lowest BCUT2D eigenvalue weighted by molar-refractivity contribution is 0.247. The van der Waals surface area contributed by atoms with E-state index in [1.165, 1.54) is 25.7 Å². The standard InChI is InChI=1S/C18H22N4O2/c23-17(21-14-7-3-1-2-4-8-14)22-15-9-5-10-16(13-15)24-18-19-11-6-12-20-18/h5-6,9-14H,1-4,7-8H2,(H2,21,22,23). The number of hydrogen-bond acceptors (Lipinski definition) is 4. The van der Waals surface area contributed by atoms with Gasteiger partial charge in [0.1, 0.15) is 5.75 Å². The number of anilines is 1. The zero-order valence-electron chi connectivity index (χ0n) is 13.6. The molecular weight excluding hydrogens is 304 g/mol. The molecule has 0 spiro atoms. The van der Waals surface area contributed by atoms with Crippen LogP contribution in [0.4, 0.5) is 10.5 Å². The lowest BCUT2D eigenvalue weighted by atomic mass is 10.1. The summed E-state index contributed by atoms with van der Waals surface area (Å²) in [7, 11) is 0. The van der Waals surface area contributed by atoms with Crippen LogP contribution in [0.15, 0.2) is 42.7 Å². The van der Waals surface area contributed by atoms with Crippen LogP contribution in [-0.2, 0) is 0 Å². The number of urea groups is 1. The number of carbonyl (C=O) groups is 1. The summed E-state index contributed by atoms with van der Waals surface area (Å²) in [6, 6.07) is 9.29. The molecule has 126 valence electrons. The molecule has 6 heteroatoms. The maximum atomic E-state index is 12.2. The fraction of sp³-hybridized carbons (Fsp3) is 0.389. The highest BCUT2D eigenvalue weighted by Gasteiger charge is 2.14. The molecule has 2 aromatic rings. The van der Waals surface area contributed by atoms with E-state index < -0.39 is 0 Å². The van der Waals surface area contributed by atoms with Gasteiger partial charge in [0.25, 0.3) is 0 Å². The van der Waals surface area contributed by atoms with Gasteiger partial charge in [-0.15, -0.1) is 0 Å². The predicted molar refractivity (Wildman–Crippen MR) is 92.2 cm³/mol. The average Bonchev–Trinajstić information content (AvgIpc) is 2.84. The van der Waals surface area contributed by atoms with Gasteiger partial charge in [0.2, 0.25) is 0 Å². The van der Waals surface area contributed by atoms with E-state index in [1.54, 1.807) is 30.6 Å². The van der Waals surface area contributed by atoms with Crippen molar-refractivity contribution in [3.63, 3.8) is 0 Å². The first kappa shape index (κ1) is 16.2. The Labute approximate surface area is 141 Å². The van der Waals surface area contributed by atoms with Crippen molar-refractivity contribution in [1.29, 1.82) is 0 Å². The number of hydrogen-bond donors (Lipinski definition) is 2. The molecule has 1 saturated carbocycles. The molecule has 6 nitrogen and oxygen atoms in total. The second-order valence-electron chi connectivity index (χ2n) is 5.95. The molecule has 2 amide bonds. The van der Waals surface area contributed by atoms with Gasteiger partial charge in [0.05, 0.1) is 0 Å². The summed E-state index contributed by atoms with van der Waals surface area (Å²) in [4.78, 5) is 20.2. The Kier molecular flexibility index (Phi) is 5.61. The average molecular weight is 326 g/mol. The fourth-order valence-corrected chi connectivity index (χ4v) is 2.86. The first-order valence-corrected chi connectivity index (χ1v) is 8.42. The van der Waals surface area contributed by atoms with Crippen molar-refractivity contribution in [3.8, 4) is 11.8 Å². The van der Waals surface area contributed by atoms with Crippen LogP contribution in [-0.4, -0.2) is 22.0 Å². The summed E-state index contributed by atoms with van der Waals surface area (Å²) < 4.78 is 5.57. The first-order valence-electron chi connectivity index (χ1n) is 8.42. The number of ether oxygens (including phenoxy) is 1. The van der Waals surface area contributed by atoms with Crippen molar-refractivity contribution >= 4 is 11.7 Å². The summed E-state index contributed by atoms with van der Waals surface area (Å²) in [5.74, 6) is 0.577. The van der Waals surface area contributed by atoms with E-state index in [2.05, 4.69) is 20.6 Å². The monoisotopic (exact) mass is 326 g/mol. The van der Waals surface area contributed by atoms with Gasteiger partial charge in [-0.25, -0.2) is 14.8 Å². The van der Waals surface area contributed by atoms with Gasteiger partial charge in [0.15, 0.2) is 0 Å². The number of nitrogens with one attached hydrogen (secondary N) is 2. The van der Waals surface area contributed by atoms with Crippen LogP contribution in [0.2, 0.25) is 0 Å². The van der Waals surface area contributed by atoms with E-state index in [0.29, 0.717) is 11.4 Å². The third kappa shape index (κ3) is 4.94. The summed E-state index contributed by atoms with van der Waals surface area (Å²) in [6.07, 6.45) is 10.2. The van der Waals surface area contributed by atoms with Gasteiger partial charge in [-0.2, -0.15) is 0 Å². The van der Waals surface area contributed by atoms with Gasteiger partial charge in [-0.3, -0.25) is 0 Å². The molecule has 1 aliphatic rings. The molecule has 1 fully saturated rings. The highest BCUT2D eigenvalue weighted by molar-refractivity contribution is 5.89. The molecule has 3 rings (SSSR count). The summed E-state index contributed by atoms with van der Waals surface area (Å²) in [5.41, 5.74) is 0.676. The topological polar surface area (TPSA) is 76.1 Å². The number of aromatic nitrogens is 2. The lowest BCUT2D eigenvalue weighted by Gasteiger charge is -2.17.